The van der Waals surface area contributed by atoms with E-state index >= 15 is 0 Å². The molecule has 10 heavy (non-hydrogen) atoms. The molecule has 0 aromatic heterocycles. The zero-order chi connectivity index (χ0) is 7.44. The van der Waals surface area contributed by atoms with Crippen LogP contribution in [0.1, 0.15) is 0 Å². The van der Waals surface area contributed by atoms with Gasteiger partial charge < -0.3 is 10.2 Å². The van der Waals surface area contributed by atoms with Crippen LogP contribution in [0.5, 0.6) is 0 Å². The Morgan fingerprint density at radius 3 is 1.90 bits per heavy atom. The summed E-state index contributed by atoms with van der Waals surface area (Å²) < 4.78 is -0.729. The first-order valence-corrected chi connectivity index (χ1v) is 3.97. The maximum absolute atomic E-state index is 8.89. The van der Waals surface area contributed by atoms with Gasteiger partial charge in [-0.15, -0.1) is 11.6 Å². The molecule has 0 amide bonds. The quantitative estimate of drug-likeness (QED) is 0.296. The second-order valence-corrected chi connectivity index (χ2v) is 3.31. The van der Waals surface area contributed by atoms with Crippen LogP contribution in [0.15, 0.2) is 0 Å². The molecule has 0 aromatic rings. The third-order valence-electron chi connectivity index (χ3n) is 0.863. The molecule has 0 aliphatic heterocycles. The van der Waals surface area contributed by atoms with Crippen LogP contribution < -0.4 is 0 Å². The normalized spacial score (nSPS) is 18.9. The number of rotatable bonds is 3. The molecular formula is C4H9ClNaO2S2. The van der Waals surface area contributed by atoms with E-state index in [9.17, 15) is 0 Å². The van der Waals surface area contributed by atoms with E-state index in [1.54, 1.807) is 0 Å². The summed E-state index contributed by atoms with van der Waals surface area (Å²) >= 11 is 12.8. The van der Waals surface area contributed by atoms with Crippen LogP contribution in [0.4, 0.5) is 0 Å². The fraction of sp³-hybridized carbons (Fsp3) is 1.00. The summed E-state index contributed by atoms with van der Waals surface area (Å²) in [5, 5.41) is 17.7. The summed E-state index contributed by atoms with van der Waals surface area (Å²) in [7, 11) is 0. The minimum absolute atomic E-state index is 0. The Balaban J connectivity index is 0. The largest absolute Gasteiger partial charge is 0.389 e. The number of aliphatic hydroxyl groups is 2. The van der Waals surface area contributed by atoms with Gasteiger partial charge in [-0.1, -0.05) is 0 Å². The number of alkyl halides is 1. The molecular weight excluding hydrogens is 203 g/mol. The summed E-state index contributed by atoms with van der Waals surface area (Å²) in [6.07, 6.45) is -1.90. The van der Waals surface area contributed by atoms with E-state index < -0.39 is 16.9 Å². The maximum atomic E-state index is 8.89. The summed E-state index contributed by atoms with van der Waals surface area (Å²) in [4.78, 5) is 0. The summed E-state index contributed by atoms with van der Waals surface area (Å²) in [5.41, 5.74) is 0. The molecule has 0 fully saturated rings. The molecule has 0 aliphatic carbocycles. The van der Waals surface area contributed by atoms with Gasteiger partial charge in [0.15, 0.2) is 0 Å². The number of aliphatic hydroxyl groups excluding tert-OH is 2. The van der Waals surface area contributed by atoms with E-state index in [1.165, 1.54) is 0 Å². The first-order chi connectivity index (χ1) is 4.09. The van der Waals surface area contributed by atoms with Gasteiger partial charge in [0.05, 0.1) is 6.10 Å². The van der Waals surface area contributed by atoms with Crippen molar-refractivity contribution in [2.45, 2.75) is 16.9 Å². The molecule has 0 saturated carbocycles. The Labute approximate surface area is 98.4 Å². The van der Waals surface area contributed by atoms with E-state index in [4.69, 9.17) is 21.8 Å². The summed E-state index contributed by atoms with van der Waals surface area (Å²) in [6.45, 7) is 0. The fourth-order valence-electron chi connectivity index (χ4n) is 0.291. The minimum Gasteiger partial charge on any atom is -0.389 e. The number of thiol groups is 2. The Morgan fingerprint density at radius 2 is 1.80 bits per heavy atom. The molecule has 2 N–H and O–H groups in total. The van der Waals surface area contributed by atoms with Gasteiger partial charge in [0.25, 0.3) is 0 Å². The third kappa shape index (κ3) is 5.55. The van der Waals surface area contributed by atoms with Crippen molar-refractivity contribution in [1.82, 2.24) is 0 Å². The van der Waals surface area contributed by atoms with Crippen LogP contribution in [0.25, 0.3) is 0 Å². The standard InChI is InChI=1S/C4H9ClO2S2.Na/c5-4(9)3(7)2(6)1-8;/h2-4,6-9H,1H2;/t2-,3+,4?;/m1./s1. The molecule has 1 radical (unpaired) electrons. The zero-order valence-electron chi connectivity index (χ0n) is 5.61. The van der Waals surface area contributed by atoms with E-state index in [2.05, 4.69) is 25.3 Å². The van der Waals surface area contributed by atoms with E-state index in [-0.39, 0.29) is 35.3 Å². The first-order valence-electron chi connectivity index (χ1n) is 2.38. The molecule has 0 bridgehead atoms. The molecule has 57 valence electrons. The zero-order valence-corrected chi connectivity index (χ0v) is 10.2. The Morgan fingerprint density at radius 1 is 1.40 bits per heavy atom. The van der Waals surface area contributed by atoms with Crippen LogP contribution in [0, 0.1) is 0 Å². The maximum Gasteiger partial charge on any atom is 0.106 e. The number of hydrogen-bond acceptors (Lipinski definition) is 4. The van der Waals surface area contributed by atoms with Gasteiger partial charge in [-0.05, 0) is 0 Å². The van der Waals surface area contributed by atoms with Crippen molar-refractivity contribution in [2.24, 2.45) is 0 Å². The molecule has 0 spiro atoms. The topological polar surface area (TPSA) is 40.5 Å². The van der Waals surface area contributed by atoms with Crippen LogP contribution >= 0.6 is 36.9 Å². The van der Waals surface area contributed by atoms with Gasteiger partial charge in [-0.25, -0.2) is 0 Å². The van der Waals surface area contributed by atoms with Crippen LogP contribution in [0.3, 0.4) is 0 Å². The third-order valence-corrected chi connectivity index (χ3v) is 1.80. The molecule has 0 saturated heterocycles. The van der Waals surface area contributed by atoms with Gasteiger partial charge in [-0.3, -0.25) is 0 Å². The monoisotopic (exact) mass is 211 g/mol. The molecule has 1 unspecified atom stereocenters. The predicted molar refractivity (Wildman–Crippen MR) is 50.2 cm³/mol. The van der Waals surface area contributed by atoms with Crippen molar-refractivity contribution in [3.8, 4) is 0 Å². The number of hydrogen-bond donors (Lipinski definition) is 4. The van der Waals surface area contributed by atoms with Crippen LogP contribution in [-0.2, 0) is 0 Å². The SMILES string of the molecule is O[C@H](CS)[C@H](O)C(S)Cl.[Na]. The Hall–Kier alpha value is 1.91. The van der Waals surface area contributed by atoms with Crippen molar-refractivity contribution < 1.29 is 10.2 Å². The van der Waals surface area contributed by atoms with E-state index in [1.807, 2.05) is 0 Å². The van der Waals surface area contributed by atoms with Crippen molar-refractivity contribution in [1.29, 1.82) is 0 Å². The van der Waals surface area contributed by atoms with E-state index in [0.717, 1.165) is 0 Å². The molecule has 3 atom stereocenters. The predicted octanol–water partition coefficient (Wildman–Crippen LogP) is -0.248. The molecule has 0 heterocycles. The molecule has 0 rings (SSSR count). The van der Waals surface area contributed by atoms with Gasteiger partial charge >= 0.3 is 0 Å². The minimum atomic E-state index is -1.01. The second-order valence-electron chi connectivity index (χ2n) is 1.61. The van der Waals surface area contributed by atoms with Crippen molar-refractivity contribution in [3.05, 3.63) is 0 Å². The van der Waals surface area contributed by atoms with Crippen molar-refractivity contribution in [3.63, 3.8) is 0 Å². The van der Waals surface area contributed by atoms with Gasteiger partial charge in [0.1, 0.15) is 10.8 Å². The second kappa shape index (κ2) is 7.55. The van der Waals surface area contributed by atoms with Crippen LogP contribution in [-0.4, -0.2) is 62.4 Å². The molecule has 2 nitrogen and oxygen atoms in total. The molecule has 0 aliphatic rings. The van der Waals surface area contributed by atoms with Gasteiger partial charge in [-0.2, -0.15) is 25.3 Å². The van der Waals surface area contributed by atoms with Crippen LogP contribution in [0.2, 0.25) is 0 Å². The Kier molecular flexibility index (Phi) is 10.9. The summed E-state index contributed by atoms with van der Waals surface area (Å²) in [6, 6.07) is 0. The smallest absolute Gasteiger partial charge is 0.106 e. The number of halogens is 1. The van der Waals surface area contributed by atoms with Gasteiger partial charge in [0.2, 0.25) is 0 Å². The average Bonchev–Trinajstić information content (AvgIpc) is 1.84. The van der Waals surface area contributed by atoms with Gasteiger partial charge in [0, 0.05) is 35.3 Å². The average molecular weight is 212 g/mol. The molecule has 6 heteroatoms. The Bertz CT molecular complexity index is 85.7. The summed E-state index contributed by atoms with van der Waals surface area (Å²) in [5.74, 6) is 0.185. The van der Waals surface area contributed by atoms with Crippen molar-refractivity contribution >= 4 is 66.4 Å². The van der Waals surface area contributed by atoms with Crippen molar-refractivity contribution in [2.75, 3.05) is 5.75 Å². The fourth-order valence-corrected chi connectivity index (χ4v) is 0.874. The molecule has 0 aromatic carbocycles. The van der Waals surface area contributed by atoms with E-state index in [0.29, 0.717) is 0 Å². The first kappa shape index (κ1) is 14.4.